The third-order valence-corrected chi connectivity index (χ3v) is 5.32. The molecule has 3 rings (SSSR count). The molecule has 7 heteroatoms. The molecule has 130 valence electrons. The van der Waals surface area contributed by atoms with Crippen molar-refractivity contribution >= 4 is 27.0 Å². The highest BCUT2D eigenvalue weighted by Crippen LogP contribution is 2.20. The van der Waals surface area contributed by atoms with Crippen molar-refractivity contribution in [2.75, 3.05) is 0 Å². The van der Waals surface area contributed by atoms with Gasteiger partial charge in [-0.1, -0.05) is 35.9 Å². The fourth-order valence-corrected chi connectivity index (χ4v) is 3.60. The highest BCUT2D eigenvalue weighted by molar-refractivity contribution is 7.90. The second-order valence-electron chi connectivity index (χ2n) is 5.88. The van der Waals surface area contributed by atoms with E-state index in [0.717, 1.165) is 22.0 Å². The maximum Gasteiger partial charge on any atom is 0.328 e. The molecule has 2 N–H and O–H groups in total. The average Bonchev–Trinajstić information content (AvgIpc) is 2.90. The van der Waals surface area contributed by atoms with Gasteiger partial charge < -0.3 is 9.88 Å². The predicted molar refractivity (Wildman–Crippen MR) is 96.7 cm³/mol. The molecule has 0 fully saturated rings. The van der Waals surface area contributed by atoms with Gasteiger partial charge in [0.2, 0.25) is 0 Å². The first-order valence-electron chi connectivity index (χ1n) is 7.77. The number of rotatable bonds is 4. The van der Waals surface area contributed by atoms with Gasteiger partial charge in [-0.15, -0.1) is 0 Å². The maximum atomic E-state index is 12.2. The van der Waals surface area contributed by atoms with Gasteiger partial charge in [0.15, 0.2) is 0 Å². The lowest BCUT2D eigenvalue weighted by molar-refractivity contribution is 0.245. The Morgan fingerprint density at radius 3 is 2.48 bits per heavy atom. The molecule has 0 aliphatic carbocycles. The number of amides is 2. The standard InChI is InChI=1S/C18H19N3O3S/c1-13-7-9-15(10-8-13)25(23,24)20-18(22)19-11-14-12-21(2)17-6-4-3-5-16(14)17/h3-10,12H,11H2,1-2H3,(H2,19,20,22). The summed E-state index contributed by atoms with van der Waals surface area (Å²) in [6.45, 7) is 2.09. The molecule has 3 aromatic rings. The Balaban J connectivity index is 1.69. The minimum Gasteiger partial charge on any atom is -0.350 e. The molecule has 0 bridgehead atoms. The first kappa shape index (κ1) is 17.0. The smallest absolute Gasteiger partial charge is 0.328 e. The monoisotopic (exact) mass is 357 g/mol. The molecule has 0 saturated heterocycles. The molecule has 0 unspecified atom stereocenters. The Hall–Kier alpha value is -2.80. The normalized spacial score (nSPS) is 11.4. The van der Waals surface area contributed by atoms with E-state index in [1.165, 1.54) is 12.1 Å². The molecule has 25 heavy (non-hydrogen) atoms. The molecular formula is C18H19N3O3S. The van der Waals surface area contributed by atoms with Crippen LogP contribution in [0.25, 0.3) is 10.9 Å². The van der Waals surface area contributed by atoms with Crippen LogP contribution in [-0.2, 0) is 23.6 Å². The van der Waals surface area contributed by atoms with Crippen molar-refractivity contribution in [2.45, 2.75) is 18.4 Å². The van der Waals surface area contributed by atoms with Crippen molar-refractivity contribution in [2.24, 2.45) is 7.05 Å². The van der Waals surface area contributed by atoms with Crippen LogP contribution in [0.3, 0.4) is 0 Å². The number of carbonyl (C=O) groups excluding carboxylic acids is 1. The largest absolute Gasteiger partial charge is 0.350 e. The summed E-state index contributed by atoms with van der Waals surface area (Å²) in [7, 11) is -1.96. The molecule has 6 nitrogen and oxygen atoms in total. The number of nitrogens with zero attached hydrogens (tertiary/aromatic N) is 1. The number of para-hydroxylation sites is 1. The molecule has 2 amide bonds. The topological polar surface area (TPSA) is 80.2 Å². The number of aromatic nitrogens is 1. The Kier molecular flexibility index (Phi) is 4.50. The zero-order valence-electron chi connectivity index (χ0n) is 14.0. The highest BCUT2D eigenvalue weighted by Gasteiger charge is 2.17. The van der Waals surface area contributed by atoms with Gasteiger partial charge in [-0.05, 0) is 30.7 Å². The lowest BCUT2D eigenvalue weighted by Crippen LogP contribution is -2.39. The van der Waals surface area contributed by atoms with Crippen molar-refractivity contribution in [1.29, 1.82) is 0 Å². The van der Waals surface area contributed by atoms with E-state index in [9.17, 15) is 13.2 Å². The summed E-state index contributed by atoms with van der Waals surface area (Å²) in [4.78, 5) is 12.1. The summed E-state index contributed by atoms with van der Waals surface area (Å²) in [5.74, 6) is 0. The molecular weight excluding hydrogens is 338 g/mol. The van der Waals surface area contributed by atoms with Gasteiger partial charge in [0, 0.05) is 30.7 Å². The van der Waals surface area contributed by atoms with E-state index < -0.39 is 16.1 Å². The molecule has 0 aliphatic rings. The van der Waals surface area contributed by atoms with Crippen LogP contribution in [0, 0.1) is 6.92 Å². The lowest BCUT2D eigenvalue weighted by Gasteiger charge is -2.08. The third-order valence-electron chi connectivity index (χ3n) is 3.98. The third kappa shape index (κ3) is 3.66. The fourth-order valence-electron chi connectivity index (χ4n) is 2.68. The maximum absolute atomic E-state index is 12.2. The number of benzene rings is 2. The van der Waals surface area contributed by atoms with E-state index in [-0.39, 0.29) is 11.4 Å². The minimum atomic E-state index is -3.89. The Labute approximate surface area is 146 Å². The van der Waals surface area contributed by atoms with E-state index in [1.807, 2.05) is 53.7 Å². The van der Waals surface area contributed by atoms with Crippen LogP contribution in [0.4, 0.5) is 4.79 Å². The van der Waals surface area contributed by atoms with Gasteiger partial charge in [-0.3, -0.25) is 0 Å². The summed E-state index contributed by atoms with van der Waals surface area (Å²) < 4.78 is 28.4. The van der Waals surface area contributed by atoms with E-state index in [1.54, 1.807) is 12.1 Å². The van der Waals surface area contributed by atoms with Crippen LogP contribution >= 0.6 is 0 Å². The zero-order chi connectivity index (χ0) is 18.0. The number of carbonyl (C=O) groups is 1. The van der Waals surface area contributed by atoms with Gasteiger partial charge in [0.25, 0.3) is 10.0 Å². The van der Waals surface area contributed by atoms with Gasteiger partial charge in [-0.25, -0.2) is 17.9 Å². The molecule has 0 spiro atoms. The summed E-state index contributed by atoms with van der Waals surface area (Å²) in [6, 6.07) is 13.4. The van der Waals surface area contributed by atoms with E-state index in [0.29, 0.717) is 0 Å². The summed E-state index contributed by atoms with van der Waals surface area (Å²) in [5, 5.41) is 3.62. The molecule has 0 radical (unpaired) electrons. The second kappa shape index (κ2) is 6.60. The number of nitrogens with one attached hydrogen (secondary N) is 2. The van der Waals surface area contributed by atoms with Crippen LogP contribution < -0.4 is 10.0 Å². The molecule has 1 heterocycles. The molecule has 0 aliphatic heterocycles. The average molecular weight is 357 g/mol. The van der Waals surface area contributed by atoms with Crippen molar-refractivity contribution < 1.29 is 13.2 Å². The highest BCUT2D eigenvalue weighted by atomic mass is 32.2. The number of sulfonamides is 1. The Bertz CT molecular complexity index is 1020. The first-order valence-corrected chi connectivity index (χ1v) is 9.25. The first-order chi connectivity index (χ1) is 11.9. The second-order valence-corrected chi connectivity index (χ2v) is 7.57. The van der Waals surface area contributed by atoms with Crippen LogP contribution in [0.1, 0.15) is 11.1 Å². The van der Waals surface area contributed by atoms with Gasteiger partial charge in [-0.2, -0.15) is 0 Å². The number of aryl methyl sites for hydroxylation is 2. The lowest BCUT2D eigenvalue weighted by atomic mass is 10.2. The number of hydrogen-bond acceptors (Lipinski definition) is 3. The summed E-state index contributed by atoms with van der Waals surface area (Å²) >= 11 is 0. The van der Waals surface area contributed by atoms with Crippen molar-refractivity contribution in [3.05, 3.63) is 65.9 Å². The SMILES string of the molecule is Cc1ccc(S(=O)(=O)NC(=O)NCc2cn(C)c3ccccc23)cc1. The van der Waals surface area contributed by atoms with Crippen molar-refractivity contribution in [3.63, 3.8) is 0 Å². The zero-order valence-corrected chi connectivity index (χ0v) is 14.8. The predicted octanol–water partition coefficient (Wildman–Crippen LogP) is 2.67. The van der Waals surface area contributed by atoms with Gasteiger partial charge >= 0.3 is 6.03 Å². The fraction of sp³-hybridized carbons (Fsp3) is 0.167. The van der Waals surface area contributed by atoms with Crippen molar-refractivity contribution in [3.8, 4) is 0 Å². The quantitative estimate of drug-likeness (QED) is 0.753. The Morgan fingerprint density at radius 2 is 1.76 bits per heavy atom. The number of urea groups is 1. The minimum absolute atomic E-state index is 0.0541. The van der Waals surface area contributed by atoms with E-state index >= 15 is 0 Å². The van der Waals surface area contributed by atoms with Crippen LogP contribution in [-0.4, -0.2) is 19.0 Å². The van der Waals surface area contributed by atoms with Gasteiger partial charge in [0.05, 0.1) is 4.90 Å². The van der Waals surface area contributed by atoms with E-state index in [2.05, 4.69) is 5.32 Å². The van der Waals surface area contributed by atoms with Crippen LogP contribution in [0.2, 0.25) is 0 Å². The van der Waals surface area contributed by atoms with Crippen LogP contribution in [0.5, 0.6) is 0 Å². The molecule has 2 aromatic carbocycles. The van der Waals surface area contributed by atoms with Gasteiger partial charge in [0.1, 0.15) is 0 Å². The molecule has 0 atom stereocenters. The summed E-state index contributed by atoms with van der Waals surface area (Å²) in [6.07, 6.45) is 1.92. The summed E-state index contributed by atoms with van der Waals surface area (Å²) in [5.41, 5.74) is 2.91. The van der Waals surface area contributed by atoms with Crippen molar-refractivity contribution in [1.82, 2.24) is 14.6 Å². The molecule has 1 aromatic heterocycles. The Morgan fingerprint density at radius 1 is 1.08 bits per heavy atom. The van der Waals surface area contributed by atoms with Crippen LogP contribution in [0.15, 0.2) is 59.6 Å². The molecule has 0 saturated carbocycles. The number of fused-ring (bicyclic) bond motifs is 1. The number of hydrogen-bond donors (Lipinski definition) is 2. The van der Waals surface area contributed by atoms with E-state index in [4.69, 9.17) is 0 Å².